The number of hydrogen-bond acceptors (Lipinski definition) is 5. The van der Waals surface area contributed by atoms with Crippen molar-refractivity contribution >= 4 is 11.9 Å². The van der Waals surface area contributed by atoms with Gasteiger partial charge in [0.1, 0.15) is 6.42 Å². The van der Waals surface area contributed by atoms with Gasteiger partial charge in [-0.05, 0) is 30.7 Å². The largest absolute Gasteiger partial charge is 0.481 e. The molecule has 0 aliphatic rings. The molecule has 6 heteroatoms. The molecule has 0 atom stereocenters. The normalized spacial score (nSPS) is 9.71. The third-order valence-corrected chi connectivity index (χ3v) is 1.86. The first kappa shape index (κ1) is 13.0. The van der Waals surface area contributed by atoms with Crippen molar-refractivity contribution in [2.24, 2.45) is 5.73 Å². The zero-order valence-electron chi connectivity index (χ0n) is 9.09. The van der Waals surface area contributed by atoms with Crippen molar-refractivity contribution in [3.8, 4) is 5.75 Å². The summed E-state index contributed by atoms with van der Waals surface area (Å²) in [6, 6.07) is 6.85. The molecule has 3 N–H and O–H groups in total. The molecule has 0 heterocycles. The Bertz CT molecular complexity index is 405. The van der Waals surface area contributed by atoms with Gasteiger partial charge in [-0.15, -0.1) is 0 Å². The van der Waals surface area contributed by atoms with Crippen LogP contribution in [-0.2, 0) is 20.9 Å². The van der Waals surface area contributed by atoms with E-state index in [0.717, 1.165) is 5.56 Å². The fourth-order valence-electron chi connectivity index (χ4n) is 1.17. The molecule has 1 rings (SSSR count). The molecule has 0 spiro atoms. The van der Waals surface area contributed by atoms with E-state index in [9.17, 15) is 9.59 Å². The van der Waals surface area contributed by atoms with E-state index >= 15 is 0 Å². The number of carbonyl (C=O) groups excluding carboxylic acids is 1. The average molecular weight is 239 g/mol. The molecule has 0 fully saturated rings. The number of carboxylic acid groups (broad SMARTS) is 1. The van der Waals surface area contributed by atoms with Crippen LogP contribution >= 0.6 is 0 Å². The van der Waals surface area contributed by atoms with Gasteiger partial charge in [0.05, 0.1) is 0 Å². The van der Waals surface area contributed by atoms with Crippen LogP contribution in [-0.4, -0.2) is 23.6 Å². The van der Waals surface area contributed by atoms with Crippen LogP contribution < -0.4 is 10.6 Å². The van der Waals surface area contributed by atoms with Gasteiger partial charge in [0.2, 0.25) is 0 Å². The second-order valence-electron chi connectivity index (χ2n) is 3.30. The smallest absolute Gasteiger partial charge is 0.366 e. The highest BCUT2D eigenvalue weighted by atomic mass is 17.2. The molecule has 0 bridgehead atoms. The first-order chi connectivity index (χ1) is 8.11. The van der Waals surface area contributed by atoms with Crippen molar-refractivity contribution in [3.05, 3.63) is 29.8 Å². The highest BCUT2D eigenvalue weighted by Crippen LogP contribution is 2.14. The summed E-state index contributed by atoms with van der Waals surface area (Å²) in [5.74, 6) is -1.90. The van der Waals surface area contributed by atoms with E-state index in [1.165, 1.54) is 0 Å². The van der Waals surface area contributed by atoms with Crippen LogP contribution in [0.25, 0.3) is 0 Å². The first-order valence-corrected chi connectivity index (χ1v) is 5.00. The van der Waals surface area contributed by atoms with Gasteiger partial charge in [-0.25, -0.2) is 9.68 Å². The summed E-state index contributed by atoms with van der Waals surface area (Å²) in [6.07, 6.45) is -0.0528. The minimum atomic E-state index is -1.27. The molecular weight excluding hydrogens is 226 g/mol. The summed E-state index contributed by atoms with van der Waals surface area (Å²) < 4.78 is 0. The second-order valence-corrected chi connectivity index (χ2v) is 3.30. The molecule has 6 nitrogen and oxygen atoms in total. The number of nitrogens with two attached hydrogens (primary N) is 1. The Kier molecular flexibility index (Phi) is 4.96. The van der Waals surface area contributed by atoms with E-state index in [2.05, 4.69) is 4.89 Å². The van der Waals surface area contributed by atoms with Crippen LogP contribution in [0.15, 0.2) is 24.3 Å². The maximum atomic E-state index is 10.9. The molecule has 0 aliphatic carbocycles. The quantitative estimate of drug-likeness (QED) is 0.426. The Balaban J connectivity index is 2.48. The van der Waals surface area contributed by atoms with E-state index in [1.807, 2.05) is 6.07 Å². The van der Waals surface area contributed by atoms with Gasteiger partial charge in [0, 0.05) is 0 Å². The topological polar surface area (TPSA) is 98.9 Å². The van der Waals surface area contributed by atoms with Crippen LogP contribution in [0.3, 0.4) is 0 Å². The highest BCUT2D eigenvalue weighted by Gasteiger charge is 2.10. The predicted octanol–water partition coefficient (Wildman–Crippen LogP) is 0.499. The van der Waals surface area contributed by atoms with Gasteiger partial charge in [-0.1, -0.05) is 12.1 Å². The molecule has 0 saturated carbocycles. The Morgan fingerprint density at radius 2 is 2.12 bits per heavy atom. The molecular formula is C11H13NO5. The van der Waals surface area contributed by atoms with Gasteiger partial charge < -0.3 is 10.8 Å². The Labute approximate surface area is 97.9 Å². The zero-order chi connectivity index (χ0) is 12.7. The van der Waals surface area contributed by atoms with Crippen molar-refractivity contribution in [1.29, 1.82) is 0 Å². The molecule has 0 unspecified atom stereocenters. The fraction of sp³-hybridized carbons (Fsp3) is 0.273. The molecule has 92 valence electrons. The Morgan fingerprint density at radius 1 is 1.35 bits per heavy atom. The molecule has 0 saturated heterocycles. The van der Waals surface area contributed by atoms with Gasteiger partial charge >= 0.3 is 11.9 Å². The third kappa shape index (κ3) is 4.98. The fourth-order valence-corrected chi connectivity index (χ4v) is 1.17. The number of carbonyl (C=O) groups is 2. The predicted molar refractivity (Wildman–Crippen MR) is 58.2 cm³/mol. The van der Waals surface area contributed by atoms with Crippen molar-refractivity contribution in [2.45, 2.75) is 12.8 Å². The van der Waals surface area contributed by atoms with E-state index < -0.39 is 18.4 Å². The number of aliphatic carboxylic acids is 1. The van der Waals surface area contributed by atoms with Crippen molar-refractivity contribution in [2.75, 3.05) is 6.54 Å². The standard InChI is InChI=1S/C11H13NO5/c12-5-4-8-2-1-3-9(6-8)16-17-11(15)7-10(13)14/h1-3,6H,4-5,7,12H2,(H,13,14). The molecule has 0 radical (unpaired) electrons. The minimum absolute atomic E-state index is 0.328. The average Bonchev–Trinajstić information content (AvgIpc) is 2.26. The summed E-state index contributed by atoms with van der Waals surface area (Å²) >= 11 is 0. The summed E-state index contributed by atoms with van der Waals surface area (Å²) in [7, 11) is 0. The van der Waals surface area contributed by atoms with Crippen LogP contribution in [0.5, 0.6) is 5.75 Å². The van der Waals surface area contributed by atoms with E-state index in [0.29, 0.717) is 18.7 Å². The molecule has 0 aromatic heterocycles. The maximum absolute atomic E-state index is 10.9. The maximum Gasteiger partial charge on any atom is 0.366 e. The third-order valence-electron chi connectivity index (χ3n) is 1.86. The molecule has 1 aromatic carbocycles. The lowest BCUT2D eigenvalue weighted by Crippen LogP contribution is -2.12. The molecule has 1 aromatic rings. The van der Waals surface area contributed by atoms with Gasteiger partial charge in [-0.3, -0.25) is 9.68 Å². The highest BCUT2D eigenvalue weighted by molar-refractivity contribution is 5.89. The number of benzene rings is 1. The molecule has 0 amide bonds. The Hall–Kier alpha value is -2.08. The van der Waals surface area contributed by atoms with Crippen LogP contribution in [0, 0.1) is 0 Å². The van der Waals surface area contributed by atoms with Crippen LogP contribution in [0.1, 0.15) is 12.0 Å². The van der Waals surface area contributed by atoms with Crippen LogP contribution in [0.2, 0.25) is 0 Å². The van der Waals surface area contributed by atoms with E-state index in [4.69, 9.17) is 15.7 Å². The Morgan fingerprint density at radius 3 is 2.76 bits per heavy atom. The summed E-state index contributed by atoms with van der Waals surface area (Å²) in [5, 5.41) is 8.32. The molecule has 17 heavy (non-hydrogen) atoms. The monoisotopic (exact) mass is 239 g/mol. The summed E-state index contributed by atoms with van der Waals surface area (Å²) in [6.45, 7) is 0.502. The SMILES string of the molecule is NCCc1cccc(OOC(=O)CC(=O)O)c1. The van der Waals surface area contributed by atoms with Crippen molar-refractivity contribution < 1.29 is 24.5 Å². The van der Waals surface area contributed by atoms with Crippen LogP contribution in [0.4, 0.5) is 0 Å². The minimum Gasteiger partial charge on any atom is -0.481 e. The number of carboxylic acids is 1. The second kappa shape index (κ2) is 6.49. The van der Waals surface area contributed by atoms with Crippen molar-refractivity contribution in [1.82, 2.24) is 0 Å². The lowest BCUT2D eigenvalue weighted by Gasteiger charge is -2.05. The lowest BCUT2D eigenvalue weighted by molar-refractivity contribution is -0.214. The first-order valence-electron chi connectivity index (χ1n) is 5.00. The zero-order valence-corrected chi connectivity index (χ0v) is 9.09. The van der Waals surface area contributed by atoms with Gasteiger partial charge in [0.25, 0.3) is 0 Å². The van der Waals surface area contributed by atoms with E-state index in [1.54, 1.807) is 18.2 Å². The van der Waals surface area contributed by atoms with Crippen molar-refractivity contribution in [3.63, 3.8) is 0 Å². The lowest BCUT2D eigenvalue weighted by atomic mass is 10.1. The van der Waals surface area contributed by atoms with E-state index in [-0.39, 0.29) is 0 Å². The van der Waals surface area contributed by atoms with Gasteiger partial charge in [0.15, 0.2) is 5.75 Å². The van der Waals surface area contributed by atoms with Gasteiger partial charge in [-0.2, -0.15) is 0 Å². The number of hydrogen-bond donors (Lipinski definition) is 2. The number of rotatable bonds is 6. The summed E-state index contributed by atoms with van der Waals surface area (Å²) in [5.41, 5.74) is 6.34. The summed E-state index contributed by atoms with van der Waals surface area (Å²) in [4.78, 5) is 30.1. The molecule has 0 aliphatic heterocycles.